The molecule has 1 aliphatic carbocycles. The van der Waals surface area contributed by atoms with Crippen molar-refractivity contribution in [2.24, 2.45) is 0 Å². The molecule has 2 fully saturated rings. The molecule has 0 unspecified atom stereocenters. The minimum atomic E-state index is 0.642. The first kappa shape index (κ1) is 13.1. The van der Waals surface area contributed by atoms with Crippen molar-refractivity contribution in [3.63, 3.8) is 0 Å². The van der Waals surface area contributed by atoms with E-state index in [2.05, 4.69) is 25.0 Å². The largest absolute Gasteiger partial charge is 0.315 e. The van der Waals surface area contributed by atoms with Gasteiger partial charge in [-0.3, -0.25) is 4.90 Å². The Morgan fingerprint density at radius 1 is 1.11 bits per heavy atom. The maximum Gasteiger partial charge on any atom is 0.147 e. The average Bonchev–Trinajstić information content (AvgIpc) is 2.75. The van der Waals surface area contributed by atoms with Crippen LogP contribution in [0.5, 0.6) is 0 Å². The summed E-state index contributed by atoms with van der Waals surface area (Å²) in [5.74, 6) is 1.16. The van der Waals surface area contributed by atoms with Gasteiger partial charge >= 0.3 is 0 Å². The molecule has 0 atom stereocenters. The lowest BCUT2D eigenvalue weighted by atomic mass is 9.95. The Morgan fingerprint density at radius 3 is 2.89 bits per heavy atom. The smallest absolute Gasteiger partial charge is 0.147 e. The van der Waals surface area contributed by atoms with Gasteiger partial charge in [0.15, 0.2) is 0 Å². The molecule has 1 aromatic rings. The van der Waals surface area contributed by atoms with E-state index in [9.17, 15) is 0 Å². The van der Waals surface area contributed by atoms with Crippen molar-refractivity contribution < 1.29 is 0 Å². The van der Waals surface area contributed by atoms with Gasteiger partial charge in [-0.15, -0.1) is 10.2 Å². The quantitative estimate of drug-likeness (QED) is 0.899. The standard InChI is InChI=1S/C14H25N5/c1-2-5-13(6-3-1)19-12-16-17-14(19)11-18-9-4-7-15-8-10-18/h12-13,15H,1-11H2. The van der Waals surface area contributed by atoms with Gasteiger partial charge in [0.2, 0.25) is 0 Å². The minimum Gasteiger partial charge on any atom is -0.315 e. The summed E-state index contributed by atoms with van der Waals surface area (Å²) < 4.78 is 2.34. The first-order chi connectivity index (χ1) is 9.43. The van der Waals surface area contributed by atoms with Crippen LogP contribution in [0.3, 0.4) is 0 Å². The zero-order valence-electron chi connectivity index (χ0n) is 11.7. The third-order valence-corrected chi connectivity index (χ3v) is 4.41. The van der Waals surface area contributed by atoms with Crippen molar-refractivity contribution in [2.45, 2.75) is 51.1 Å². The van der Waals surface area contributed by atoms with Crippen molar-refractivity contribution in [3.8, 4) is 0 Å². The van der Waals surface area contributed by atoms with Gasteiger partial charge in [0.05, 0.1) is 6.54 Å². The topological polar surface area (TPSA) is 46.0 Å². The molecule has 0 spiro atoms. The fraction of sp³-hybridized carbons (Fsp3) is 0.857. The van der Waals surface area contributed by atoms with Gasteiger partial charge in [-0.25, -0.2) is 0 Å². The Kier molecular flexibility index (Phi) is 4.45. The predicted octanol–water partition coefficient (Wildman–Crippen LogP) is 1.58. The Balaban J connectivity index is 1.65. The Hall–Kier alpha value is -0.940. The van der Waals surface area contributed by atoms with Gasteiger partial charge in [0.1, 0.15) is 12.2 Å². The molecule has 0 radical (unpaired) electrons. The summed E-state index contributed by atoms with van der Waals surface area (Å²) in [6, 6.07) is 0.642. The molecule has 1 saturated heterocycles. The van der Waals surface area contributed by atoms with Crippen LogP contribution in [-0.2, 0) is 6.54 Å². The van der Waals surface area contributed by atoms with Crippen molar-refractivity contribution in [2.75, 3.05) is 26.2 Å². The van der Waals surface area contributed by atoms with Crippen LogP contribution in [0, 0.1) is 0 Å². The molecule has 0 amide bonds. The molecule has 1 aliphatic heterocycles. The normalized spacial score (nSPS) is 23.4. The maximum absolute atomic E-state index is 4.37. The lowest BCUT2D eigenvalue weighted by Gasteiger charge is -2.26. The molecule has 2 heterocycles. The van der Waals surface area contributed by atoms with Crippen molar-refractivity contribution in [1.82, 2.24) is 25.0 Å². The molecule has 1 saturated carbocycles. The zero-order chi connectivity index (χ0) is 12.9. The summed E-state index contributed by atoms with van der Waals surface area (Å²) in [6.07, 6.45) is 9.88. The molecular formula is C14H25N5. The molecule has 5 nitrogen and oxygen atoms in total. The van der Waals surface area contributed by atoms with E-state index in [-0.39, 0.29) is 0 Å². The second-order valence-electron chi connectivity index (χ2n) is 5.83. The van der Waals surface area contributed by atoms with Crippen molar-refractivity contribution in [1.29, 1.82) is 0 Å². The van der Waals surface area contributed by atoms with E-state index < -0.39 is 0 Å². The van der Waals surface area contributed by atoms with E-state index in [0.717, 1.165) is 32.0 Å². The van der Waals surface area contributed by atoms with Crippen LogP contribution in [0.15, 0.2) is 6.33 Å². The Morgan fingerprint density at radius 2 is 2.00 bits per heavy atom. The summed E-state index contributed by atoms with van der Waals surface area (Å²) in [4.78, 5) is 2.50. The number of nitrogens with one attached hydrogen (secondary N) is 1. The SMILES string of the molecule is c1nnc(CN2CCCNCC2)n1C1CCCCC1. The molecule has 0 bridgehead atoms. The van der Waals surface area contributed by atoms with Crippen LogP contribution in [0.4, 0.5) is 0 Å². The molecule has 2 aliphatic rings. The number of rotatable bonds is 3. The van der Waals surface area contributed by atoms with Crippen LogP contribution in [-0.4, -0.2) is 45.8 Å². The van der Waals surface area contributed by atoms with Gasteiger partial charge in [-0.2, -0.15) is 0 Å². The van der Waals surface area contributed by atoms with Gasteiger partial charge in [-0.05, 0) is 32.4 Å². The average molecular weight is 263 g/mol. The fourth-order valence-electron chi connectivity index (χ4n) is 3.30. The molecule has 5 heteroatoms. The van der Waals surface area contributed by atoms with Crippen molar-refractivity contribution in [3.05, 3.63) is 12.2 Å². The molecule has 106 valence electrons. The Labute approximate surface area is 115 Å². The molecule has 1 aromatic heterocycles. The van der Waals surface area contributed by atoms with Gasteiger partial charge in [0.25, 0.3) is 0 Å². The second kappa shape index (κ2) is 6.48. The summed E-state index contributed by atoms with van der Waals surface area (Å²) in [6.45, 7) is 5.49. The minimum absolute atomic E-state index is 0.642. The third-order valence-electron chi connectivity index (χ3n) is 4.41. The van der Waals surface area contributed by atoms with E-state index in [1.54, 1.807) is 0 Å². The lowest BCUT2D eigenvalue weighted by Crippen LogP contribution is -2.29. The molecular weight excluding hydrogens is 238 g/mol. The third kappa shape index (κ3) is 3.34. The highest BCUT2D eigenvalue weighted by atomic mass is 15.3. The monoisotopic (exact) mass is 263 g/mol. The van der Waals surface area contributed by atoms with Crippen molar-refractivity contribution >= 4 is 0 Å². The summed E-state index contributed by atoms with van der Waals surface area (Å²) in [7, 11) is 0. The van der Waals surface area contributed by atoms with E-state index in [1.807, 2.05) is 6.33 Å². The summed E-state index contributed by atoms with van der Waals surface area (Å²) in [5, 5.41) is 12.0. The van der Waals surface area contributed by atoms with Crippen LogP contribution < -0.4 is 5.32 Å². The number of nitrogens with zero attached hydrogens (tertiary/aromatic N) is 4. The molecule has 0 aromatic carbocycles. The maximum atomic E-state index is 4.37. The van der Waals surface area contributed by atoms with Gasteiger partial charge in [0, 0.05) is 19.1 Å². The highest BCUT2D eigenvalue weighted by Crippen LogP contribution is 2.28. The highest BCUT2D eigenvalue weighted by molar-refractivity contribution is 4.91. The van der Waals surface area contributed by atoms with E-state index in [1.165, 1.54) is 45.1 Å². The van der Waals surface area contributed by atoms with Crippen LogP contribution >= 0.6 is 0 Å². The van der Waals surface area contributed by atoms with Gasteiger partial charge in [-0.1, -0.05) is 19.3 Å². The van der Waals surface area contributed by atoms with Gasteiger partial charge < -0.3 is 9.88 Å². The number of hydrogen-bond acceptors (Lipinski definition) is 4. The first-order valence-electron chi connectivity index (χ1n) is 7.75. The Bertz CT molecular complexity index is 375. The number of aromatic nitrogens is 3. The first-order valence-corrected chi connectivity index (χ1v) is 7.75. The predicted molar refractivity (Wildman–Crippen MR) is 74.9 cm³/mol. The molecule has 1 N–H and O–H groups in total. The van der Waals surface area contributed by atoms with Crippen LogP contribution in [0.25, 0.3) is 0 Å². The van der Waals surface area contributed by atoms with Crippen LogP contribution in [0.2, 0.25) is 0 Å². The van der Waals surface area contributed by atoms with E-state index >= 15 is 0 Å². The van der Waals surface area contributed by atoms with E-state index in [4.69, 9.17) is 0 Å². The molecule has 19 heavy (non-hydrogen) atoms. The fourth-order valence-corrected chi connectivity index (χ4v) is 3.30. The number of hydrogen-bond donors (Lipinski definition) is 1. The lowest BCUT2D eigenvalue weighted by molar-refractivity contribution is 0.261. The second-order valence-corrected chi connectivity index (χ2v) is 5.83. The van der Waals surface area contributed by atoms with E-state index in [0.29, 0.717) is 6.04 Å². The zero-order valence-corrected chi connectivity index (χ0v) is 11.7. The summed E-state index contributed by atoms with van der Waals surface area (Å²) in [5.41, 5.74) is 0. The molecule has 3 rings (SSSR count). The van der Waals surface area contributed by atoms with Crippen LogP contribution in [0.1, 0.15) is 50.4 Å². The summed E-state index contributed by atoms with van der Waals surface area (Å²) >= 11 is 0. The highest BCUT2D eigenvalue weighted by Gasteiger charge is 2.20.